The van der Waals surface area contributed by atoms with Crippen molar-refractivity contribution in [3.8, 4) is 0 Å². The van der Waals surface area contributed by atoms with Gasteiger partial charge < -0.3 is 15.3 Å². The maximum atomic E-state index is 12.3. The van der Waals surface area contributed by atoms with E-state index in [2.05, 4.69) is 5.32 Å². The number of benzene rings is 1. The van der Waals surface area contributed by atoms with Gasteiger partial charge in [0.25, 0.3) is 5.91 Å². The Morgan fingerprint density at radius 3 is 3.17 bits per heavy atom. The predicted molar refractivity (Wildman–Crippen MR) is 69.7 cm³/mol. The molecule has 2 N–H and O–H groups in total. The number of anilines is 1. The van der Waals surface area contributed by atoms with Crippen LogP contribution >= 0.6 is 0 Å². The van der Waals surface area contributed by atoms with Gasteiger partial charge in [-0.3, -0.25) is 4.79 Å². The highest BCUT2D eigenvalue weighted by Crippen LogP contribution is 2.25. The molecule has 1 saturated heterocycles. The lowest BCUT2D eigenvalue weighted by Gasteiger charge is -2.16. The standard InChI is InChI=1S/C14H18N2O2/c17-9-10-4-6-16(8-10)14(18)12-1-2-13-11(7-12)3-5-15-13/h1-2,7,10,15,17H,3-6,8-9H2. The van der Waals surface area contributed by atoms with Crippen LogP contribution in [-0.4, -0.2) is 42.2 Å². The topological polar surface area (TPSA) is 52.6 Å². The molecular formula is C14H18N2O2. The zero-order valence-corrected chi connectivity index (χ0v) is 10.4. The number of rotatable bonds is 2. The summed E-state index contributed by atoms with van der Waals surface area (Å²) >= 11 is 0. The molecule has 1 atom stereocenters. The summed E-state index contributed by atoms with van der Waals surface area (Å²) < 4.78 is 0. The summed E-state index contributed by atoms with van der Waals surface area (Å²) in [4.78, 5) is 14.2. The average molecular weight is 246 g/mol. The molecule has 1 aromatic rings. The zero-order chi connectivity index (χ0) is 12.5. The van der Waals surface area contributed by atoms with E-state index in [0.29, 0.717) is 6.54 Å². The minimum atomic E-state index is 0.0978. The summed E-state index contributed by atoms with van der Waals surface area (Å²) in [5.74, 6) is 0.352. The van der Waals surface area contributed by atoms with Gasteiger partial charge in [0.1, 0.15) is 0 Å². The quantitative estimate of drug-likeness (QED) is 0.822. The Kier molecular flexibility index (Phi) is 2.96. The summed E-state index contributed by atoms with van der Waals surface area (Å²) in [6.07, 6.45) is 1.91. The molecule has 1 unspecified atom stereocenters. The van der Waals surface area contributed by atoms with E-state index in [1.165, 1.54) is 5.56 Å². The number of aliphatic hydroxyl groups excluding tert-OH is 1. The van der Waals surface area contributed by atoms with E-state index in [1.807, 2.05) is 23.1 Å². The molecule has 3 rings (SSSR count). The Morgan fingerprint density at radius 2 is 2.39 bits per heavy atom. The maximum Gasteiger partial charge on any atom is 0.253 e. The smallest absolute Gasteiger partial charge is 0.253 e. The number of carbonyl (C=O) groups excluding carboxylic acids is 1. The minimum absolute atomic E-state index is 0.0978. The zero-order valence-electron chi connectivity index (χ0n) is 10.4. The van der Waals surface area contributed by atoms with Gasteiger partial charge in [-0.2, -0.15) is 0 Å². The predicted octanol–water partition coefficient (Wildman–Crippen LogP) is 1.11. The normalized spacial score (nSPS) is 21.8. The van der Waals surface area contributed by atoms with Crippen molar-refractivity contribution in [1.29, 1.82) is 0 Å². The summed E-state index contributed by atoms with van der Waals surface area (Å²) in [5, 5.41) is 12.4. The fourth-order valence-electron chi connectivity index (χ4n) is 2.79. The van der Waals surface area contributed by atoms with Crippen molar-refractivity contribution in [2.24, 2.45) is 5.92 Å². The van der Waals surface area contributed by atoms with E-state index in [4.69, 9.17) is 5.11 Å². The van der Waals surface area contributed by atoms with Crippen LogP contribution in [-0.2, 0) is 6.42 Å². The van der Waals surface area contributed by atoms with Crippen molar-refractivity contribution in [1.82, 2.24) is 4.90 Å². The minimum Gasteiger partial charge on any atom is -0.396 e. The Balaban J connectivity index is 1.77. The number of hydrogen-bond donors (Lipinski definition) is 2. The first-order chi connectivity index (χ1) is 8.78. The molecule has 0 spiro atoms. The molecular weight excluding hydrogens is 228 g/mol. The Morgan fingerprint density at radius 1 is 1.50 bits per heavy atom. The molecule has 0 aliphatic carbocycles. The second-order valence-corrected chi connectivity index (χ2v) is 5.14. The maximum absolute atomic E-state index is 12.3. The van der Waals surface area contributed by atoms with Crippen molar-refractivity contribution < 1.29 is 9.90 Å². The molecule has 1 amide bonds. The van der Waals surface area contributed by atoms with E-state index < -0.39 is 0 Å². The van der Waals surface area contributed by atoms with E-state index in [1.54, 1.807) is 0 Å². The molecule has 2 aliphatic rings. The molecule has 1 fully saturated rings. The van der Waals surface area contributed by atoms with Crippen molar-refractivity contribution >= 4 is 11.6 Å². The lowest BCUT2D eigenvalue weighted by molar-refractivity contribution is 0.0782. The van der Waals surface area contributed by atoms with Gasteiger partial charge in [-0.15, -0.1) is 0 Å². The molecule has 4 nitrogen and oxygen atoms in total. The number of aliphatic hydroxyl groups is 1. The van der Waals surface area contributed by atoms with Crippen molar-refractivity contribution in [3.63, 3.8) is 0 Å². The summed E-state index contributed by atoms with van der Waals surface area (Å²) in [6, 6.07) is 5.89. The van der Waals surface area contributed by atoms with Crippen molar-refractivity contribution in [3.05, 3.63) is 29.3 Å². The highest BCUT2D eigenvalue weighted by atomic mass is 16.3. The van der Waals surface area contributed by atoms with Gasteiger partial charge in [-0.1, -0.05) is 0 Å². The van der Waals surface area contributed by atoms with Gasteiger partial charge >= 0.3 is 0 Å². The van der Waals surface area contributed by atoms with Crippen LogP contribution in [0.15, 0.2) is 18.2 Å². The molecule has 2 aliphatic heterocycles. The Labute approximate surface area is 107 Å². The first kappa shape index (κ1) is 11.5. The number of fused-ring (bicyclic) bond motifs is 1. The summed E-state index contributed by atoms with van der Waals surface area (Å²) in [5.41, 5.74) is 3.16. The average Bonchev–Trinajstić information content (AvgIpc) is 3.05. The fourth-order valence-corrected chi connectivity index (χ4v) is 2.79. The number of likely N-dealkylation sites (tertiary alicyclic amines) is 1. The van der Waals surface area contributed by atoms with Crippen LogP contribution in [0.3, 0.4) is 0 Å². The first-order valence-corrected chi connectivity index (χ1v) is 6.55. The van der Waals surface area contributed by atoms with Crippen LogP contribution < -0.4 is 5.32 Å². The number of amides is 1. The highest BCUT2D eigenvalue weighted by molar-refractivity contribution is 5.95. The van der Waals surface area contributed by atoms with Crippen LogP contribution in [0.2, 0.25) is 0 Å². The van der Waals surface area contributed by atoms with Crippen LogP contribution in [0.5, 0.6) is 0 Å². The van der Waals surface area contributed by atoms with Gasteiger partial charge in [-0.25, -0.2) is 0 Å². The second kappa shape index (κ2) is 4.61. The molecule has 0 saturated carbocycles. The Hall–Kier alpha value is -1.55. The summed E-state index contributed by atoms with van der Waals surface area (Å²) in [6.45, 7) is 2.59. The van der Waals surface area contributed by atoms with Gasteiger partial charge in [0, 0.05) is 43.4 Å². The van der Waals surface area contributed by atoms with E-state index >= 15 is 0 Å². The highest BCUT2D eigenvalue weighted by Gasteiger charge is 2.26. The second-order valence-electron chi connectivity index (χ2n) is 5.14. The van der Waals surface area contributed by atoms with Gasteiger partial charge in [0.15, 0.2) is 0 Å². The molecule has 96 valence electrons. The molecule has 18 heavy (non-hydrogen) atoms. The van der Waals surface area contributed by atoms with Gasteiger partial charge in [0.2, 0.25) is 0 Å². The van der Waals surface area contributed by atoms with Crippen molar-refractivity contribution in [2.45, 2.75) is 12.8 Å². The summed E-state index contributed by atoms with van der Waals surface area (Å²) in [7, 11) is 0. The van der Waals surface area contributed by atoms with E-state index in [-0.39, 0.29) is 18.4 Å². The largest absolute Gasteiger partial charge is 0.396 e. The number of nitrogens with one attached hydrogen (secondary N) is 1. The third kappa shape index (κ3) is 1.97. The Bertz CT molecular complexity index is 473. The molecule has 4 heteroatoms. The van der Waals surface area contributed by atoms with Crippen LogP contribution in [0, 0.1) is 5.92 Å². The third-order valence-electron chi connectivity index (χ3n) is 3.89. The molecule has 2 heterocycles. The molecule has 0 radical (unpaired) electrons. The number of carbonyl (C=O) groups is 1. The molecule has 0 aromatic heterocycles. The third-order valence-corrected chi connectivity index (χ3v) is 3.89. The van der Waals surface area contributed by atoms with E-state index in [0.717, 1.165) is 37.2 Å². The van der Waals surface area contributed by atoms with Crippen molar-refractivity contribution in [2.75, 3.05) is 31.6 Å². The van der Waals surface area contributed by atoms with Crippen LogP contribution in [0.4, 0.5) is 5.69 Å². The molecule has 1 aromatic carbocycles. The number of hydrogen-bond acceptors (Lipinski definition) is 3. The van der Waals surface area contributed by atoms with Gasteiger partial charge in [-0.05, 0) is 36.6 Å². The van der Waals surface area contributed by atoms with Gasteiger partial charge in [0.05, 0.1) is 0 Å². The molecule has 0 bridgehead atoms. The first-order valence-electron chi connectivity index (χ1n) is 6.55. The SMILES string of the molecule is O=C(c1ccc2c(c1)CCN2)N1CCC(CO)C1. The number of nitrogens with zero attached hydrogens (tertiary/aromatic N) is 1. The fraction of sp³-hybridized carbons (Fsp3) is 0.500. The lowest BCUT2D eigenvalue weighted by Crippen LogP contribution is -2.29. The van der Waals surface area contributed by atoms with E-state index in [9.17, 15) is 4.79 Å². The van der Waals surface area contributed by atoms with Crippen LogP contribution in [0.25, 0.3) is 0 Å². The monoisotopic (exact) mass is 246 g/mol. The lowest BCUT2D eigenvalue weighted by atomic mass is 10.1. The van der Waals surface area contributed by atoms with Crippen LogP contribution in [0.1, 0.15) is 22.3 Å².